The van der Waals surface area contributed by atoms with Gasteiger partial charge in [-0.05, 0) is 18.1 Å². The van der Waals surface area contributed by atoms with E-state index < -0.39 is 0 Å². The quantitative estimate of drug-likeness (QED) is 0.608. The first-order valence-electron chi connectivity index (χ1n) is 8.14. The first-order valence-corrected chi connectivity index (χ1v) is 8.14. The first kappa shape index (κ1) is 19.9. The lowest BCUT2D eigenvalue weighted by atomic mass is 10.0. The fourth-order valence-electron chi connectivity index (χ4n) is 1.87. The second-order valence-electron chi connectivity index (χ2n) is 4.31. The lowest BCUT2D eigenvalue weighted by Gasteiger charge is -2.07. The molecule has 0 amide bonds. The number of hydrogen-bond donors (Lipinski definition) is 1. The Hall–Kier alpha value is -2.09. The summed E-state index contributed by atoms with van der Waals surface area (Å²) in [6.07, 6.45) is 0.838. The summed E-state index contributed by atoms with van der Waals surface area (Å²) in [5, 5.41) is 4.38. The van der Waals surface area contributed by atoms with Crippen molar-refractivity contribution in [2.75, 3.05) is 7.05 Å². The number of benzene rings is 2. The predicted octanol–water partition coefficient (Wildman–Crippen LogP) is 5.21. The highest BCUT2D eigenvalue weighted by Crippen LogP contribution is 2.09. The molecule has 2 aromatic carbocycles. The third kappa shape index (κ3) is 7.07. The Morgan fingerprint density at radius 1 is 0.864 bits per heavy atom. The van der Waals surface area contributed by atoms with Crippen LogP contribution in [0.25, 0.3) is 0 Å². The SMILES string of the molecule is CC.CC.CN/N=C(/Cc1ccc(C)cc1)c1ccccc1. The standard InChI is InChI=1S/C16H18N2.2C2H6/c1-13-8-10-14(11-9-13)12-16(18-17-2)15-6-4-3-5-7-15;2*1-2/h3-11,17H,12H2,1-2H3;2*1-2H3/b18-16-;;. The van der Waals surface area contributed by atoms with Gasteiger partial charge in [0.1, 0.15) is 0 Å². The molecule has 0 radical (unpaired) electrons. The van der Waals surface area contributed by atoms with E-state index in [1.807, 2.05) is 52.9 Å². The van der Waals surface area contributed by atoms with Crippen LogP contribution in [0.3, 0.4) is 0 Å². The van der Waals surface area contributed by atoms with E-state index in [-0.39, 0.29) is 0 Å². The van der Waals surface area contributed by atoms with Gasteiger partial charge in [0.05, 0.1) is 5.71 Å². The highest BCUT2D eigenvalue weighted by molar-refractivity contribution is 6.01. The van der Waals surface area contributed by atoms with Crippen molar-refractivity contribution in [1.29, 1.82) is 0 Å². The van der Waals surface area contributed by atoms with Crippen LogP contribution in [0.2, 0.25) is 0 Å². The molecule has 0 saturated carbocycles. The summed E-state index contributed by atoms with van der Waals surface area (Å²) in [6, 6.07) is 18.9. The molecule has 0 atom stereocenters. The molecule has 2 nitrogen and oxygen atoms in total. The van der Waals surface area contributed by atoms with Crippen LogP contribution in [0.4, 0.5) is 0 Å². The Balaban J connectivity index is 0.00000102. The van der Waals surface area contributed by atoms with Gasteiger partial charge in [0.25, 0.3) is 0 Å². The van der Waals surface area contributed by atoms with E-state index in [1.54, 1.807) is 0 Å². The van der Waals surface area contributed by atoms with E-state index in [0.717, 1.165) is 17.7 Å². The summed E-state index contributed by atoms with van der Waals surface area (Å²) in [7, 11) is 1.83. The van der Waals surface area contributed by atoms with Gasteiger partial charge in [0.15, 0.2) is 0 Å². The molecule has 0 aliphatic rings. The lowest BCUT2D eigenvalue weighted by Crippen LogP contribution is -2.10. The number of rotatable bonds is 4. The Kier molecular flexibility index (Phi) is 11.4. The largest absolute Gasteiger partial charge is 0.313 e. The van der Waals surface area contributed by atoms with Crippen molar-refractivity contribution in [3.8, 4) is 0 Å². The zero-order chi connectivity index (χ0) is 16.8. The summed E-state index contributed by atoms with van der Waals surface area (Å²) in [6.45, 7) is 10.1. The van der Waals surface area contributed by atoms with Crippen molar-refractivity contribution in [3.63, 3.8) is 0 Å². The van der Waals surface area contributed by atoms with E-state index in [4.69, 9.17) is 0 Å². The molecule has 0 aromatic heterocycles. The molecular formula is C20H30N2. The predicted molar refractivity (Wildman–Crippen MR) is 99.6 cm³/mol. The van der Waals surface area contributed by atoms with Gasteiger partial charge in [-0.2, -0.15) is 5.10 Å². The molecule has 1 N–H and O–H groups in total. The maximum atomic E-state index is 4.38. The number of nitrogens with one attached hydrogen (secondary N) is 1. The first-order chi connectivity index (χ1) is 10.8. The van der Waals surface area contributed by atoms with Crippen molar-refractivity contribution in [2.45, 2.75) is 41.0 Å². The summed E-state index contributed by atoms with van der Waals surface area (Å²) < 4.78 is 0. The zero-order valence-corrected chi connectivity index (χ0v) is 14.9. The van der Waals surface area contributed by atoms with E-state index in [1.165, 1.54) is 11.1 Å². The number of nitrogens with zero attached hydrogens (tertiary/aromatic N) is 1. The molecular weight excluding hydrogens is 268 g/mol. The number of hydrazone groups is 1. The van der Waals surface area contributed by atoms with Crippen molar-refractivity contribution >= 4 is 5.71 Å². The van der Waals surface area contributed by atoms with Crippen molar-refractivity contribution < 1.29 is 0 Å². The summed E-state index contributed by atoms with van der Waals surface area (Å²) in [5.41, 5.74) is 7.66. The molecule has 0 fully saturated rings. The van der Waals surface area contributed by atoms with Gasteiger partial charge in [-0.15, -0.1) is 0 Å². The van der Waals surface area contributed by atoms with Gasteiger partial charge in [0, 0.05) is 13.5 Å². The highest BCUT2D eigenvalue weighted by Gasteiger charge is 2.04. The van der Waals surface area contributed by atoms with Gasteiger partial charge < -0.3 is 5.43 Å². The summed E-state index contributed by atoms with van der Waals surface area (Å²) in [4.78, 5) is 0. The molecule has 120 valence electrons. The molecule has 0 aliphatic heterocycles. The van der Waals surface area contributed by atoms with E-state index in [2.05, 4.69) is 53.8 Å². The molecule has 0 spiro atoms. The van der Waals surface area contributed by atoms with E-state index in [9.17, 15) is 0 Å². The number of hydrogen-bond acceptors (Lipinski definition) is 2. The molecule has 2 heteroatoms. The Morgan fingerprint density at radius 3 is 1.91 bits per heavy atom. The van der Waals surface area contributed by atoms with E-state index >= 15 is 0 Å². The Bertz CT molecular complexity index is 513. The molecule has 0 bridgehead atoms. The monoisotopic (exact) mass is 298 g/mol. The Labute approximate surface area is 136 Å². The minimum Gasteiger partial charge on any atom is -0.313 e. The van der Waals surface area contributed by atoms with Crippen molar-refractivity contribution in [2.24, 2.45) is 5.10 Å². The third-order valence-corrected chi connectivity index (χ3v) is 2.85. The fraction of sp³-hybridized carbons (Fsp3) is 0.350. The average Bonchev–Trinajstić information content (AvgIpc) is 2.61. The van der Waals surface area contributed by atoms with Crippen LogP contribution >= 0.6 is 0 Å². The second-order valence-corrected chi connectivity index (χ2v) is 4.31. The Morgan fingerprint density at radius 2 is 1.41 bits per heavy atom. The van der Waals surface area contributed by atoms with Crippen molar-refractivity contribution in [1.82, 2.24) is 5.43 Å². The number of aryl methyl sites for hydroxylation is 1. The van der Waals surface area contributed by atoms with Gasteiger partial charge in [-0.25, -0.2) is 0 Å². The molecule has 0 saturated heterocycles. The summed E-state index contributed by atoms with van der Waals surface area (Å²) >= 11 is 0. The van der Waals surface area contributed by atoms with Crippen LogP contribution in [-0.2, 0) is 6.42 Å². The van der Waals surface area contributed by atoms with Gasteiger partial charge in [-0.1, -0.05) is 87.9 Å². The molecule has 0 unspecified atom stereocenters. The normalized spacial score (nSPS) is 9.82. The summed E-state index contributed by atoms with van der Waals surface area (Å²) in [5.74, 6) is 0. The van der Waals surface area contributed by atoms with Crippen LogP contribution in [0.15, 0.2) is 59.7 Å². The van der Waals surface area contributed by atoms with Gasteiger partial charge >= 0.3 is 0 Å². The van der Waals surface area contributed by atoms with Crippen LogP contribution < -0.4 is 5.43 Å². The van der Waals surface area contributed by atoms with Crippen LogP contribution in [0.1, 0.15) is 44.4 Å². The molecule has 2 aromatic rings. The minimum absolute atomic E-state index is 0.838. The molecule has 0 heterocycles. The maximum absolute atomic E-state index is 4.38. The third-order valence-electron chi connectivity index (χ3n) is 2.85. The molecule has 22 heavy (non-hydrogen) atoms. The average molecular weight is 298 g/mol. The smallest absolute Gasteiger partial charge is 0.0718 e. The van der Waals surface area contributed by atoms with E-state index in [0.29, 0.717) is 0 Å². The highest BCUT2D eigenvalue weighted by atomic mass is 15.3. The lowest BCUT2D eigenvalue weighted by molar-refractivity contribution is 0.894. The van der Waals surface area contributed by atoms with Crippen molar-refractivity contribution in [3.05, 3.63) is 71.3 Å². The topological polar surface area (TPSA) is 24.4 Å². The molecule has 0 aliphatic carbocycles. The van der Waals surface area contributed by atoms with Crippen LogP contribution in [-0.4, -0.2) is 12.8 Å². The van der Waals surface area contributed by atoms with Gasteiger partial charge in [-0.3, -0.25) is 0 Å². The van der Waals surface area contributed by atoms with Crippen LogP contribution in [0, 0.1) is 6.92 Å². The maximum Gasteiger partial charge on any atom is 0.0718 e. The zero-order valence-electron chi connectivity index (χ0n) is 14.9. The minimum atomic E-state index is 0.838. The fourth-order valence-corrected chi connectivity index (χ4v) is 1.87. The molecule has 2 rings (SSSR count). The second kappa shape index (κ2) is 12.6. The van der Waals surface area contributed by atoms with Gasteiger partial charge in [0.2, 0.25) is 0 Å². The van der Waals surface area contributed by atoms with Crippen LogP contribution in [0.5, 0.6) is 0 Å².